The molecule has 4 rings (SSSR count). The number of benzene rings is 1. The number of Topliss-reactive ketones (excluding diaryl/α,β-unsaturated/α-hetero) is 2. The molecule has 1 aromatic rings. The normalized spacial score (nSPS) is 26.6. The van der Waals surface area contributed by atoms with E-state index in [4.69, 9.17) is 5.73 Å². The Kier molecular flexibility index (Phi) is 7.32. The molecule has 40 heavy (non-hydrogen) atoms. The summed E-state index contributed by atoms with van der Waals surface area (Å²) in [6.45, 7) is 7.21. The van der Waals surface area contributed by atoms with E-state index < -0.39 is 58.0 Å². The Balaban J connectivity index is 1.91. The number of amides is 1. The minimum absolute atomic E-state index is 0.00285. The highest BCUT2D eigenvalue weighted by Gasteiger charge is 2.64. The van der Waals surface area contributed by atoms with Crippen molar-refractivity contribution < 1.29 is 34.8 Å². The van der Waals surface area contributed by atoms with Crippen molar-refractivity contribution in [3.05, 3.63) is 39.7 Å². The van der Waals surface area contributed by atoms with Gasteiger partial charge in [-0.2, -0.15) is 0 Å². The predicted octanol–water partition coefficient (Wildman–Crippen LogP) is 1.17. The molecular formula is C29H40N4O7. The molecule has 1 unspecified atom stereocenters. The Morgan fingerprint density at radius 2 is 1.77 bits per heavy atom. The summed E-state index contributed by atoms with van der Waals surface area (Å²) in [7, 11) is 6.84. The smallest absolute Gasteiger partial charge is 0.255 e. The van der Waals surface area contributed by atoms with E-state index in [1.165, 1.54) is 4.90 Å². The molecule has 3 aliphatic rings. The van der Waals surface area contributed by atoms with Crippen LogP contribution in [0.4, 0.5) is 5.69 Å². The molecule has 4 atom stereocenters. The first kappa shape index (κ1) is 29.6. The van der Waals surface area contributed by atoms with Gasteiger partial charge in [-0.25, -0.2) is 0 Å². The lowest BCUT2D eigenvalue weighted by atomic mass is 9.57. The number of nitrogens with one attached hydrogen (secondary N) is 1. The topological polar surface area (TPSA) is 177 Å². The van der Waals surface area contributed by atoms with Crippen LogP contribution in [0.15, 0.2) is 23.0 Å². The van der Waals surface area contributed by atoms with Crippen LogP contribution in [-0.2, 0) is 27.3 Å². The van der Waals surface area contributed by atoms with Crippen LogP contribution in [-0.4, -0.2) is 89.2 Å². The van der Waals surface area contributed by atoms with Crippen molar-refractivity contribution in [3.8, 4) is 5.75 Å². The van der Waals surface area contributed by atoms with Crippen molar-refractivity contribution in [1.29, 1.82) is 0 Å². The molecule has 0 saturated heterocycles. The third-order valence-corrected chi connectivity index (χ3v) is 8.23. The Bertz CT molecular complexity index is 1350. The molecule has 0 heterocycles. The molecular weight excluding hydrogens is 516 g/mol. The van der Waals surface area contributed by atoms with Crippen molar-refractivity contribution in [2.45, 2.75) is 51.8 Å². The van der Waals surface area contributed by atoms with E-state index in [9.17, 15) is 34.8 Å². The van der Waals surface area contributed by atoms with Gasteiger partial charge in [-0.05, 0) is 49.9 Å². The predicted molar refractivity (Wildman–Crippen MR) is 150 cm³/mol. The van der Waals surface area contributed by atoms with Gasteiger partial charge in [0.15, 0.2) is 11.4 Å². The lowest BCUT2D eigenvalue weighted by molar-refractivity contribution is -0.153. The van der Waals surface area contributed by atoms with Crippen LogP contribution in [0, 0.1) is 17.3 Å². The number of rotatable bonds is 6. The second kappa shape index (κ2) is 9.90. The minimum atomic E-state index is -2.66. The van der Waals surface area contributed by atoms with Gasteiger partial charge in [-0.1, -0.05) is 20.8 Å². The molecule has 11 nitrogen and oxygen atoms in total. The van der Waals surface area contributed by atoms with Crippen molar-refractivity contribution in [2.24, 2.45) is 23.0 Å². The van der Waals surface area contributed by atoms with Crippen LogP contribution in [0.25, 0.3) is 5.76 Å². The summed E-state index contributed by atoms with van der Waals surface area (Å²) in [4.78, 5) is 42.8. The first-order chi connectivity index (χ1) is 18.4. The Morgan fingerprint density at radius 1 is 1.15 bits per heavy atom. The maximum absolute atomic E-state index is 14.0. The zero-order valence-electron chi connectivity index (χ0n) is 24.1. The zero-order chi connectivity index (χ0) is 30.1. The Morgan fingerprint density at radius 3 is 2.30 bits per heavy atom. The molecule has 1 saturated carbocycles. The van der Waals surface area contributed by atoms with Crippen molar-refractivity contribution in [1.82, 2.24) is 10.2 Å². The van der Waals surface area contributed by atoms with E-state index in [2.05, 4.69) is 26.1 Å². The summed E-state index contributed by atoms with van der Waals surface area (Å²) in [5.74, 6) is -6.55. The third-order valence-electron chi connectivity index (χ3n) is 8.23. The second-order valence-electron chi connectivity index (χ2n) is 12.8. The molecule has 7 N–H and O–H groups in total. The SMILES string of the molecule is CN(C)c1cc(CNCC(C)(C)C)c(O)c2c1C[C@H]1C[C@H]3C(N(C)C)C(=O)C(C(N)=O)=C(O)[C@@]3(O)C(=O)C1=C2O. The number of ketones is 2. The van der Waals surface area contributed by atoms with Crippen LogP contribution in [0.2, 0.25) is 0 Å². The van der Waals surface area contributed by atoms with Crippen molar-refractivity contribution in [2.75, 3.05) is 39.6 Å². The van der Waals surface area contributed by atoms with Gasteiger partial charge in [0.05, 0.1) is 11.6 Å². The monoisotopic (exact) mass is 556 g/mol. The lowest BCUT2D eigenvalue weighted by Crippen LogP contribution is -2.65. The number of phenols is 1. The molecule has 3 aliphatic carbocycles. The number of fused-ring (bicyclic) bond motifs is 3. The molecule has 0 aromatic heterocycles. The van der Waals surface area contributed by atoms with Crippen LogP contribution < -0.4 is 16.0 Å². The summed E-state index contributed by atoms with van der Waals surface area (Å²) >= 11 is 0. The fourth-order valence-electron chi connectivity index (χ4n) is 6.45. The highest BCUT2D eigenvalue weighted by atomic mass is 16.3. The van der Waals surface area contributed by atoms with Gasteiger partial charge >= 0.3 is 0 Å². The molecule has 1 amide bonds. The molecule has 0 spiro atoms. The number of aromatic hydroxyl groups is 1. The molecule has 0 bridgehead atoms. The number of anilines is 1. The number of carbonyl (C=O) groups excluding carboxylic acids is 3. The number of likely N-dealkylation sites (N-methyl/N-ethyl adjacent to an activating group) is 1. The van der Waals surface area contributed by atoms with Gasteiger partial charge in [0.1, 0.15) is 22.8 Å². The van der Waals surface area contributed by atoms with E-state index in [-0.39, 0.29) is 35.1 Å². The van der Waals surface area contributed by atoms with Gasteiger partial charge in [0.25, 0.3) is 5.91 Å². The molecule has 218 valence electrons. The number of nitrogens with two attached hydrogens (primary N) is 1. The molecule has 1 fully saturated rings. The molecule has 0 radical (unpaired) electrons. The average molecular weight is 557 g/mol. The van der Waals surface area contributed by atoms with Gasteiger partial charge in [0, 0.05) is 49.9 Å². The highest BCUT2D eigenvalue weighted by Crippen LogP contribution is 2.54. The summed E-state index contributed by atoms with van der Waals surface area (Å²) in [5.41, 5.74) is 3.73. The lowest BCUT2D eigenvalue weighted by Gasteiger charge is -2.50. The van der Waals surface area contributed by atoms with Gasteiger partial charge in [-0.3, -0.25) is 19.3 Å². The number of primary amides is 1. The Hall–Kier alpha value is -3.41. The van der Waals surface area contributed by atoms with Gasteiger partial charge < -0.3 is 36.4 Å². The zero-order valence-corrected chi connectivity index (χ0v) is 24.1. The third kappa shape index (κ3) is 4.46. The van der Waals surface area contributed by atoms with E-state index in [0.29, 0.717) is 24.2 Å². The van der Waals surface area contributed by atoms with E-state index in [1.807, 2.05) is 25.1 Å². The van der Waals surface area contributed by atoms with Crippen LogP contribution in [0.1, 0.15) is 43.9 Å². The second-order valence-corrected chi connectivity index (χ2v) is 12.8. The minimum Gasteiger partial charge on any atom is -0.508 e. The van der Waals surface area contributed by atoms with Gasteiger partial charge in [-0.15, -0.1) is 0 Å². The van der Waals surface area contributed by atoms with E-state index in [1.54, 1.807) is 14.1 Å². The van der Waals surface area contributed by atoms with Gasteiger partial charge in [0.2, 0.25) is 5.78 Å². The summed E-state index contributed by atoms with van der Waals surface area (Å²) in [5, 5.41) is 49.0. The maximum atomic E-state index is 14.0. The number of hydrogen-bond acceptors (Lipinski definition) is 10. The maximum Gasteiger partial charge on any atom is 0.255 e. The average Bonchev–Trinajstić information content (AvgIpc) is 2.81. The van der Waals surface area contributed by atoms with Crippen molar-refractivity contribution >= 4 is 28.9 Å². The first-order valence-corrected chi connectivity index (χ1v) is 13.3. The fraction of sp³-hybridized carbons (Fsp3) is 0.552. The number of aliphatic hydroxyl groups excluding tert-OH is 2. The largest absolute Gasteiger partial charge is 0.508 e. The quantitative estimate of drug-likeness (QED) is 0.279. The number of aliphatic hydroxyl groups is 3. The summed E-state index contributed by atoms with van der Waals surface area (Å²) in [6, 6.07) is 0.735. The molecule has 1 aromatic carbocycles. The van der Waals surface area contributed by atoms with E-state index >= 15 is 0 Å². The molecule has 0 aliphatic heterocycles. The Labute approximate surface area is 233 Å². The number of nitrogens with zero attached hydrogens (tertiary/aromatic N) is 2. The first-order valence-electron chi connectivity index (χ1n) is 13.3. The summed E-state index contributed by atoms with van der Waals surface area (Å²) in [6.07, 6.45) is 0.291. The fourth-order valence-corrected chi connectivity index (χ4v) is 6.45. The summed E-state index contributed by atoms with van der Waals surface area (Å²) < 4.78 is 0. The van der Waals surface area contributed by atoms with Crippen LogP contribution in [0.3, 0.4) is 0 Å². The number of phenolic OH excluding ortho intramolecular Hbond substituents is 1. The molecule has 11 heteroatoms. The van der Waals surface area contributed by atoms with Crippen molar-refractivity contribution in [3.63, 3.8) is 0 Å². The van der Waals surface area contributed by atoms with E-state index in [0.717, 1.165) is 5.69 Å². The van der Waals surface area contributed by atoms with Crippen LogP contribution in [0.5, 0.6) is 5.75 Å². The van der Waals surface area contributed by atoms with Crippen LogP contribution >= 0.6 is 0 Å². The number of carbonyl (C=O) groups is 3. The standard InChI is InChI=1S/C29H40N4O7/c1-28(2,3)12-31-11-14-10-17(32(4)5)15-8-13-9-16-21(33(6)7)24(36)20(27(30)39)26(38)29(16,40)25(37)18(13)23(35)19(15)22(14)34/h10,13,16,21,31,34-35,38,40H,8-9,11-12H2,1-7H3,(H2,30,39)/t13-,16-,21?,29-/m0/s1. The highest BCUT2D eigenvalue weighted by molar-refractivity contribution is 6.24. The number of hydrogen-bond donors (Lipinski definition) is 6.